The molecule has 2 rings (SSSR count). The summed E-state index contributed by atoms with van der Waals surface area (Å²) in [4.78, 5) is 15.6. The summed E-state index contributed by atoms with van der Waals surface area (Å²) < 4.78 is 34.2. The molecule has 0 bridgehead atoms. The van der Waals surface area contributed by atoms with E-state index in [0.717, 1.165) is 5.56 Å². The average Bonchev–Trinajstić information content (AvgIpc) is 2.72. The lowest BCUT2D eigenvalue weighted by molar-refractivity contribution is -0.106. The first-order valence-electron chi connectivity index (χ1n) is 8.76. The number of amides is 1. The summed E-state index contributed by atoms with van der Waals surface area (Å²) in [6.45, 7) is 0.692. The molecule has 2 unspecified atom stereocenters. The Bertz CT molecular complexity index is 864. The van der Waals surface area contributed by atoms with Crippen molar-refractivity contribution in [2.75, 3.05) is 27.3 Å². The van der Waals surface area contributed by atoms with Crippen LogP contribution in [0.5, 0.6) is 5.75 Å². The standard InChI is InChI=1S/C19H24N3O6P/c1-4-15(19(20)21-14-23)11-22(2)10-9-17(25-3)13-27-29(24)26-12-16-7-5-6-8-18(16)28-29/h1,5-8,11,14,17H,9-10,12-13H2,2-3H3,(H2,20,21,23)/b15-11-. The number of carbonyl (C=O) groups excluding carboxylic acids is 1. The molecule has 0 spiro atoms. The number of phosphoric ester groups is 1. The smallest absolute Gasteiger partial charge is 0.404 e. The Morgan fingerprint density at radius 2 is 2.28 bits per heavy atom. The first kappa shape index (κ1) is 22.7. The quantitative estimate of drug-likeness (QED) is 0.201. The van der Waals surface area contributed by atoms with Gasteiger partial charge in [0, 0.05) is 32.5 Å². The van der Waals surface area contributed by atoms with Crippen LogP contribution in [0.4, 0.5) is 0 Å². The molecule has 0 fully saturated rings. The highest BCUT2D eigenvalue weighted by Gasteiger charge is 2.34. The molecule has 1 aliphatic heterocycles. The number of nitrogens with two attached hydrogens (primary N) is 1. The number of methoxy groups -OCH3 is 1. The Morgan fingerprint density at radius 1 is 1.52 bits per heavy atom. The molecule has 0 saturated heterocycles. The van der Waals surface area contributed by atoms with Crippen LogP contribution in [0.3, 0.4) is 0 Å². The van der Waals surface area contributed by atoms with Crippen molar-refractivity contribution in [3.8, 4) is 18.1 Å². The number of nitrogens with zero attached hydrogens (tertiary/aromatic N) is 2. The Morgan fingerprint density at radius 3 is 2.97 bits per heavy atom. The topological polar surface area (TPSA) is 113 Å². The van der Waals surface area contributed by atoms with Crippen LogP contribution in [0, 0.1) is 12.3 Å². The van der Waals surface area contributed by atoms with Gasteiger partial charge in [-0.1, -0.05) is 24.1 Å². The number of terminal acetylenes is 1. The van der Waals surface area contributed by atoms with Gasteiger partial charge < -0.3 is 19.9 Å². The fourth-order valence-electron chi connectivity index (χ4n) is 2.45. The van der Waals surface area contributed by atoms with Gasteiger partial charge in [-0.05, 0) is 12.5 Å². The number of fused-ring (bicyclic) bond motifs is 1. The zero-order valence-electron chi connectivity index (χ0n) is 16.3. The van der Waals surface area contributed by atoms with Crippen molar-refractivity contribution in [2.24, 2.45) is 10.7 Å². The fraction of sp³-hybridized carbons (Fsp3) is 0.368. The van der Waals surface area contributed by atoms with Crippen molar-refractivity contribution in [3.05, 3.63) is 41.6 Å². The van der Waals surface area contributed by atoms with Crippen LogP contribution < -0.4 is 10.3 Å². The maximum Gasteiger partial charge on any atom is 0.530 e. The van der Waals surface area contributed by atoms with Crippen molar-refractivity contribution in [2.45, 2.75) is 19.1 Å². The number of carbonyl (C=O) groups is 1. The van der Waals surface area contributed by atoms with Crippen LogP contribution in [-0.2, 0) is 29.8 Å². The highest BCUT2D eigenvalue weighted by molar-refractivity contribution is 7.49. The number of para-hydroxylation sites is 1. The number of phosphoric acid groups is 1. The van der Waals surface area contributed by atoms with Crippen molar-refractivity contribution in [1.82, 2.24) is 4.90 Å². The van der Waals surface area contributed by atoms with E-state index in [4.69, 9.17) is 30.5 Å². The molecule has 1 aliphatic rings. The van der Waals surface area contributed by atoms with E-state index >= 15 is 0 Å². The van der Waals surface area contributed by atoms with E-state index in [1.165, 1.54) is 7.11 Å². The van der Waals surface area contributed by atoms with Crippen LogP contribution in [0.2, 0.25) is 0 Å². The number of amidine groups is 1. The molecule has 1 heterocycles. The van der Waals surface area contributed by atoms with E-state index in [2.05, 4.69) is 10.9 Å². The van der Waals surface area contributed by atoms with Gasteiger partial charge in [0.1, 0.15) is 11.6 Å². The van der Waals surface area contributed by atoms with Gasteiger partial charge in [-0.3, -0.25) is 13.8 Å². The summed E-state index contributed by atoms with van der Waals surface area (Å²) in [5.41, 5.74) is 6.72. The first-order valence-corrected chi connectivity index (χ1v) is 10.2. The van der Waals surface area contributed by atoms with Gasteiger partial charge in [0.25, 0.3) is 0 Å². The minimum absolute atomic E-state index is 0.0181. The summed E-state index contributed by atoms with van der Waals surface area (Å²) in [6.07, 6.45) is 7.48. The van der Waals surface area contributed by atoms with Crippen LogP contribution >= 0.6 is 7.82 Å². The highest BCUT2D eigenvalue weighted by Crippen LogP contribution is 2.54. The molecule has 2 N–H and O–H groups in total. The second kappa shape index (κ2) is 10.8. The van der Waals surface area contributed by atoms with Crippen molar-refractivity contribution < 1.29 is 27.7 Å². The SMILES string of the molecule is C#C/C(=C/N(C)CCC(COP1(=O)OCc2ccccc2O1)OC)C(N)=NC=O. The number of aliphatic imine (C=N–C) groups is 1. The molecule has 0 aliphatic carbocycles. The zero-order chi connectivity index (χ0) is 21.3. The molecule has 1 aromatic rings. The number of hydrogen-bond acceptors (Lipinski definition) is 7. The third kappa shape index (κ3) is 6.73. The van der Waals surface area contributed by atoms with E-state index in [0.29, 0.717) is 25.1 Å². The predicted octanol–water partition coefficient (Wildman–Crippen LogP) is 2.09. The summed E-state index contributed by atoms with van der Waals surface area (Å²) in [6, 6.07) is 7.17. The van der Waals surface area contributed by atoms with E-state index < -0.39 is 7.82 Å². The van der Waals surface area contributed by atoms with Crippen molar-refractivity contribution in [3.63, 3.8) is 0 Å². The van der Waals surface area contributed by atoms with E-state index in [9.17, 15) is 9.36 Å². The van der Waals surface area contributed by atoms with Gasteiger partial charge in [-0.2, -0.15) is 4.99 Å². The van der Waals surface area contributed by atoms with Crippen LogP contribution in [-0.4, -0.2) is 50.6 Å². The normalized spacial score (nSPS) is 20.2. The molecule has 1 amide bonds. The summed E-state index contributed by atoms with van der Waals surface area (Å²) in [5.74, 6) is 2.83. The summed E-state index contributed by atoms with van der Waals surface area (Å²) >= 11 is 0. The maximum absolute atomic E-state index is 12.7. The molecule has 0 saturated carbocycles. The molecule has 0 radical (unpaired) electrons. The van der Waals surface area contributed by atoms with Gasteiger partial charge in [-0.25, -0.2) is 4.57 Å². The minimum atomic E-state index is -3.71. The Labute approximate surface area is 170 Å². The van der Waals surface area contributed by atoms with Crippen LogP contribution in [0.15, 0.2) is 41.0 Å². The van der Waals surface area contributed by atoms with Gasteiger partial charge in [0.2, 0.25) is 6.41 Å². The van der Waals surface area contributed by atoms with Gasteiger partial charge in [0.15, 0.2) is 0 Å². The molecule has 156 valence electrons. The molecule has 10 heteroatoms. The number of rotatable bonds is 10. The number of ether oxygens (including phenoxy) is 1. The zero-order valence-corrected chi connectivity index (χ0v) is 17.2. The first-order chi connectivity index (χ1) is 13.9. The second-order valence-corrected chi connectivity index (χ2v) is 7.74. The Kier molecular flexibility index (Phi) is 8.43. The van der Waals surface area contributed by atoms with E-state index in [-0.39, 0.29) is 30.7 Å². The third-order valence-electron chi connectivity index (χ3n) is 4.09. The fourth-order valence-corrected chi connectivity index (χ4v) is 3.70. The molecule has 29 heavy (non-hydrogen) atoms. The molecular weight excluding hydrogens is 397 g/mol. The number of hydrogen-bond donors (Lipinski definition) is 1. The highest BCUT2D eigenvalue weighted by atomic mass is 31.2. The maximum atomic E-state index is 12.7. The van der Waals surface area contributed by atoms with Crippen LogP contribution in [0.25, 0.3) is 0 Å². The van der Waals surface area contributed by atoms with E-state index in [1.807, 2.05) is 12.1 Å². The lowest BCUT2D eigenvalue weighted by Crippen LogP contribution is -2.26. The second-order valence-electron chi connectivity index (χ2n) is 6.15. The molecule has 0 aromatic heterocycles. The van der Waals surface area contributed by atoms with Gasteiger partial charge >= 0.3 is 7.82 Å². The largest absolute Gasteiger partial charge is 0.530 e. The molecular formula is C19H24N3O6P. The van der Waals surface area contributed by atoms with E-state index in [1.54, 1.807) is 30.3 Å². The molecule has 9 nitrogen and oxygen atoms in total. The average molecular weight is 421 g/mol. The summed E-state index contributed by atoms with van der Waals surface area (Å²) in [5, 5.41) is 0. The summed E-state index contributed by atoms with van der Waals surface area (Å²) in [7, 11) is -0.396. The number of benzene rings is 1. The van der Waals surface area contributed by atoms with Gasteiger partial charge in [-0.15, -0.1) is 6.42 Å². The Hall–Kier alpha value is -2.63. The van der Waals surface area contributed by atoms with Crippen molar-refractivity contribution >= 4 is 20.1 Å². The monoisotopic (exact) mass is 421 g/mol. The molecule has 1 aromatic carbocycles. The van der Waals surface area contributed by atoms with Crippen molar-refractivity contribution in [1.29, 1.82) is 0 Å². The van der Waals surface area contributed by atoms with Crippen LogP contribution in [0.1, 0.15) is 12.0 Å². The predicted molar refractivity (Wildman–Crippen MR) is 108 cm³/mol. The lowest BCUT2D eigenvalue weighted by atomic mass is 10.2. The van der Waals surface area contributed by atoms with Gasteiger partial charge in [0.05, 0.1) is 24.9 Å². The lowest BCUT2D eigenvalue weighted by Gasteiger charge is -2.26. The third-order valence-corrected chi connectivity index (χ3v) is 5.42. The Balaban J connectivity index is 1.88. The molecule has 2 atom stereocenters. The minimum Gasteiger partial charge on any atom is -0.404 e.